The van der Waals surface area contributed by atoms with E-state index in [2.05, 4.69) is 22.9 Å². The number of ether oxygens (including phenoxy) is 1. The van der Waals surface area contributed by atoms with Gasteiger partial charge in [0.1, 0.15) is 5.75 Å². The van der Waals surface area contributed by atoms with Crippen molar-refractivity contribution in [1.29, 1.82) is 0 Å². The topological polar surface area (TPSA) is 59.3 Å². The molecule has 4 nitrogen and oxygen atoms in total. The van der Waals surface area contributed by atoms with Crippen molar-refractivity contribution in [3.05, 3.63) is 24.3 Å². The number of anilines is 1. The third-order valence-electron chi connectivity index (χ3n) is 1.66. The number of thiocarbonyl (C=S) groups is 2. The van der Waals surface area contributed by atoms with Crippen LogP contribution < -0.4 is 21.1 Å². The quantitative estimate of drug-likeness (QED) is 0.714. The van der Waals surface area contributed by atoms with E-state index in [-0.39, 0.29) is 5.11 Å². The largest absolute Gasteiger partial charge is 0.494 e. The number of benzene rings is 1. The lowest BCUT2D eigenvalue weighted by molar-refractivity contribution is 0.340. The maximum absolute atomic E-state index is 5.31. The second-order valence-corrected chi connectivity index (χ2v) is 3.75. The van der Waals surface area contributed by atoms with Gasteiger partial charge in [0, 0.05) is 5.69 Å². The molecule has 1 aromatic rings. The van der Waals surface area contributed by atoms with Crippen LogP contribution in [0.15, 0.2) is 24.3 Å². The van der Waals surface area contributed by atoms with E-state index >= 15 is 0 Å². The SMILES string of the molecule is CCOc1ccc(NC(=S)NC(N)=S)cc1. The Morgan fingerprint density at radius 3 is 2.44 bits per heavy atom. The van der Waals surface area contributed by atoms with Crippen molar-refractivity contribution in [3.8, 4) is 5.75 Å². The van der Waals surface area contributed by atoms with Crippen LogP contribution in [0.25, 0.3) is 0 Å². The molecular weight excluding hydrogens is 242 g/mol. The molecule has 86 valence electrons. The zero-order valence-electron chi connectivity index (χ0n) is 8.82. The highest BCUT2D eigenvalue weighted by Crippen LogP contribution is 2.15. The standard InChI is InChI=1S/C10H13N3OS2/c1-2-14-8-5-3-7(4-6-8)12-10(16)13-9(11)15/h3-6H,2H2,1H3,(H4,11,12,13,15,16). The number of rotatable bonds is 3. The lowest BCUT2D eigenvalue weighted by Crippen LogP contribution is -2.37. The average Bonchev–Trinajstić information content (AvgIpc) is 2.20. The highest BCUT2D eigenvalue weighted by atomic mass is 32.1. The highest BCUT2D eigenvalue weighted by Gasteiger charge is 1.98. The van der Waals surface area contributed by atoms with Gasteiger partial charge in [0.2, 0.25) is 0 Å². The summed E-state index contributed by atoms with van der Waals surface area (Å²) in [5.74, 6) is 0.821. The highest BCUT2D eigenvalue weighted by molar-refractivity contribution is 7.82. The first-order valence-electron chi connectivity index (χ1n) is 4.72. The second-order valence-electron chi connectivity index (χ2n) is 2.90. The Labute approximate surface area is 105 Å². The Balaban J connectivity index is 2.54. The molecule has 16 heavy (non-hydrogen) atoms. The van der Waals surface area contributed by atoms with E-state index in [0.29, 0.717) is 11.7 Å². The molecule has 0 amide bonds. The summed E-state index contributed by atoms with van der Waals surface area (Å²) in [6, 6.07) is 7.43. The third-order valence-corrected chi connectivity index (χ3v) is 1.97. The molecule has 1 rings (SSSR count). The predicted molar refractivity (Wildman–Crippen MR) is 73.8 cm³/mol. The number of hydrogen-bond acceptors (Lipinski definition) is 3. The molecule has 0 saturated carbocycles. The molecule has 4 N–H and O–H groups in total. The van der Waals surface area contributed by atoms with Crippen LogP contribution in [-0.4, -0.2) is 16.8 Å². The van der Waals surface area contributed by atoms with Crippen molar-refractivity contribution >= 4 is 40.3 Å². The van der Waals surface area contributed by atoms with E-state index in [1.54, 1.807) is 0 Å². The van der Waals surface area contributed by atoms with Crippen LogP contribution >= 0.6 is 24.4 Å². The van der Waals surface area contributed by atoms with Gasteiger partial charge >= 0.3 is 0 Å². The third kappa shape index (κ3) is 4.41. The molecule has 0 unspecified atom stereocenters. The molecule has 0 aliphatic carbocycles. The van der Waals surface area contributed by atoms with Crippen molar-refractivity contribution in [2.75, 3.05) is 11.9 Å². The molecule has 0 atom stereocenters. The maximum atomic E-state index is 5.31. The molecule has 0 saturated heterocycles. The summed E-state index contributed by atoms with van der Waals surface area (Å²) in [7, 11) is 0. The van der Waals surface area contributed by atoms with Crippen molar-refractivity contribution in [2.45, 2.75) is 6.92 Å². The zero-order valence-corrected chi connectivity index (χ0v) is 10.5. The fourth-order valence-electron chi connectivity index (χ4n) is 1.08. The smallest absolute Gasteiger partial charge is 0.177 e. The van der Waals surface area contributed by atoms with Gasteiger partial charge in [-0.3, -0.25) is 0 Å². The molecule has 0 aliphatic rings. The lowest BCUT2D eigenvalue weighted by Gasteiger charge is -2.09. The molecule has 0 fully saturated rings. The molecule has 0 bridgehead atoms. The van der Waals surface area contributed by atoms with Crippen molar-refractivity contribution in [2.24, 2.45) is 5.73 Å². The van der Waals surface area contributed by atoms with Gasteiger partial charge in [-0.25, -0.2) is 0 Å². The fourth-order valence-corrected chi connectivity index (χ4v) is 1.47. The molecule has 0 heterocycles. The van der Waals surface area contributed by atoms with E-state index in [0.717, 1.165) is 11.4 Å². The molecule has 1 aromatic carbocycles. The van der Waals surface area contributed by atoms with E-state index in [9.17, 15) is 0 Å². The van der Waals surface area contributed by atoms with Crippen LogP contribution in [0.1, 0.15) is 6.92 Å². The monoisotopic (exact) mass is 255 g/mol. The lowest BCUT2D eigenvalue weighted by atomic mass is 10.3. The number of nitrogens with one attached hydrogen (secondary N) is 2. The minimum Gasteiger partial charge on any atom is -0.494 e. The molecular formula is C10H13N3OS2. The average molecular weight is 255 g/mol. The van der Waals surface area contributed by atoms with Crippen LogP contribution in [-0.2, 0) is 0 Å². The van der Waals surface area contributed by atoms with Crippen molar-refractivity contribution in [1.82, 2.24) is 5.32 Å². The van der Waals surface area contributed by atoms with Crippen LogP contribution in [0.4, 0.5) is 5.69 Å². The van der Waals surface area contributed by atoms with Crippen molar-refractivity contribution < 1.29 is 4.74 Å². The predicted octanol–water partition coefficient (Wildman–Crippen LogP) is 1.62. The van der Waals surface area contributed by atoms with Gasteiger partial charge in [0.25, 0.3) is 0 Å². The molecule has 0 radical (unpaired) electrons. The first-order valence-corrected chi connectivity index (χ1v) is 5.53. The zero-order chi connectivity index (χ0) is 12.0. The van der Waals surface area contributed by atoms with Gasteiger partial charge < -0.3 is 21.1 Å². The summed E-state index contributed by atoms with van der Waals surface area (Å²) < 4.78 is 5.31. The van der Waals surface area contributed by atoms with E-state index < -0.39 is 0 Å². The van der Waals surface area contributed by atoms with Gasteiger partial charge in [-0.15, -0.1) is 0 Å². The number of nitrogens with two attached hydrogens (primary N) is 1. The van der Waals surface area contributed by atoms with Gasteiger partial charge in [0.15, 0.2) is 10.2 Å². The van der Waals surface area contributed by atoms with E-state index in [1.807, 2.05) is 31.2 Å². The van der Waals surface area contributed by atoms with Gasteiger partial charge in [-0.2, -0.15) is 0 Å². The normalized spacial score (nSPS) is 9.31. The van der Waals surface area contributed by atoms with E-state index in [4.69, 9.17) is 22.7 Å². The summed E-state index contributed by atoms with van der Waals surface area (Å²) >= 11 is 9.64. The summed E-state index contributed by atoms with van der Waals surface area (Å²) in [6.45, 7) is 2.58. The fraction of sp³-hybridized carbons (Fsp3) is 0.200. The van der Waals surface area contributed by atoms with Gasteiger partial charge in [0.05, 0.1) is 6.61 Å². The summed E-state index contributed by atoms with van der Waals surface area (Å²) in [6.07, 6.45) is 0. The first kappa shape index (κ1) is 12.7. The summed E-state index contributed by atoms with van der Waals surface area (Å²) in [4.78, 5) is 0. The Morgan fingerprint density at radius 1 is 1.31 bits per heavy atom. The molecule has 6 heteroatoms. The van der Waals surface area contributed by atoms with Crippen LogP contribution in [0.2, 0.25) is 0 Å². The van der Waals surface area contributed by atoms with Crippen molar-refractivity contribution in [3.63, 3.8) is 0 Å². The maximum Gasteiger partial charge on any atom is 0.177 e. The Hall–Kier alpha value is -1.40. The summed E-state index contributed by atoms with van der Waals surface area (Å²) in [5, 5.41) is 6.08. The van der Waals surface area contributed by atoms with Crippen LogP contribution in [0, 0.1) is 0 Å². The second kappa shape index (κ2) is 6.24. The Morgan fingerprint density at radius 2 is 1.94 bits per heavy atom. The Kier molecular flexibility index (Phi) is 4.94. The minimum atomic E-state index is 0.142. The molecule has 0 aliphatic heterocycles. The van der Waals surface area contributed by atoms with Gasteiger partial charge in [-0.05, 0) is 55.6 Å². The number of hydrogen-bond donors (Lipinski definition) is 3. The van der Waals surface area contributed by atoms with Crippen LogP contribution in [0.3, 0.4) is 0 Å². The minimum absolute atomic E-state index is 0.142. The first-order chi connectivity index (χ1) is 7.61. The summed E-state index contributed by atoms with van der Waals surface area (Å²) in [5.41, 5.74) is 6.13. The van der Waals surface area contributed by atoms with E-state index in [1.165, 1.54) is 0 Å². The van der Waals surface area contributed by atoms with Crippen LogP contribution in [0.5, 0.6) is 5.75 Å². The molecule has 0 aromatic heterocycles. The van der Waals surface area contributed by atoms with Gasteiger partial charge in [-0.1, -0.05) is 0 Å². The Bertz CT molecular complexity index is 378. The molecule has 0 spiro atoms.